The first-order chi connectivity index (χ1) is 12.9. The topological polar surface area (TPSA) is 70.2 Å². The lowest BCUT2D eigenvalue weighted by atomic mass is 10.2. The van der Waals surface area contributed by atoms with Gasteiger partial charge in [-0.15, -0.1) is 10.2 Å². The van der Waals surface area contributed by atoms with Crippen molar-refractivity contribution >= 4 is 17.5 Å². The molecule has 1 aromatic carbocycles. The summed E-state index contributed by atoms with van der Waals surface area (Å²) < 4.78 is 26.7. The lowest BCUT2D eigenvalue weighted by Gasteiger charge is -2.11. The summed E-state index contributed by atoms with van der Waals surface area (Å²) in [6.45, 7) is 5.56. The number of ether oxygens (including phenoxy) is 1. The third kappa shape index (κ3) is 4.21. The Morgan fingerprint density at radius 1 is 1.33 bits per heavy atom. The maximum Gasteiger partial charge on any atom is 0.277 e. The summed E-state index contributed by atoms with van der Waals surface area (Å²) in [7, 11) is 1.93. The fourth-order valence-electron chi connectivity index (χ4n) is 2.57. The molecule has 0 unspecified atom stereocenters. The highest BCUT2D eigenvalue weighted by Crippen LogP contribution is 2.26. The number of carbonyl (C=O) groups excluding carboxylic acids is 1. The molecule has 0 bridgehead atoms. The highest BCUT2D eigenvalue weighted by atomic mass is 32.2. The lowest BCUT2D eigenvalue weighted by molar-refractivity contribution is 0.102. The largest absolute Gasteiger partial charge is 0.478 e. The molecule has 0 aliphatic carbocycles. The molecule has 0 saturated carbocycles. The molecule has 0 aliphatic heterocycles. The smallest absolute Gasteiger partial charge is 0.277 e. The van der Waals surface area contributed by atoms with Crippen LogP contribution < -0.4 is 4.74 Å². The molecule has 0 radical (unpaired) electrons. The van der Waals surface area contributed by atoms with Crippen LogP contribution in [-0.4, -0.2) is 26.3 Å². The van der Waals surface area contributed by atoms with Crippen LogP contribution in [0.3, 0.4) is 0 Å². The summed E-state index contributed by atoms with van der Waals surface area (Å²) >= 11 is 1.17. The number of hydrogen-bond acceptors (Lipinski definition) is 6. The number of rotatable bonds is 7. The van der Waals surface area contributed by atoms with Crippen LogP contribution in [0, 0.1) is 19.7 Å². The lowest BCUT2D eigenvalue weighted by Crippen LogP contribution is -2.04. The van der Waals surface area contributed by atoms with Gasteiger partial charge in [0.15, 0.2) is 23.5 Å². The number of halogens is 1. The number of thioether (sulfide) groups is 1. The Morgan fingerprint density at radius 2 is 2.07 bits per heavy atom. The zero-order chi connectivity index (χ0) is 19.6. The first-order valence-electron chi connectivity index (χ1n) is 8.40. The quantitative estimate of drug-likeness (QED) is 0.444. The van der Waals surface area contributed by atoms with E-state index in [9.17, 15) is 9.18 Å². The minimum atomic E-state index is -0.613. The van der Waals surface area contributed by atoms with Gasteiger partial charge in [0, 0.05) is 24.0 Å². The number of benzene rings is 1. The highest BCUT2D eigenvalue weighted by Gasteiger charge is 2.19. The molecule has 6 nitrogen and oxygen atoms in total. The minimum Gasteiger partial charge on any atom is -0.478 e. The molecule has 0 fully saturated rings. The molecule has 3 rings (SSSR count). The van der Waals surface area contributed by atoms with E-state index < -0.39 is 11.9 Å². The number of para-hydroxylation sites is 1. The highest BCUT2D eigenvalue weighted by molar-refractivity contribution is 7.99. The summed E-state index contributed by atoms with van der Waals surface area (Å²) in [6.07, 6.45) is -0.613. The predicted molar refractivity (Wildman–Crippen MR) is 99.7 cm³/mol. The van der Waals surface area contributed by atoms with Crippen molar-refractivity contribution in [2.45, 2.75) is 32.1 Å². The number of aromatic nitrogens is 3. The van der Waals surface area contributed by atoms with Crippen molar-refractivity contribution in [2.75, 3.05) is 5.75 Å². The standard InChI is InChI=1S/C19H20FN3O3S/c1-11-9-14(12(2)23(11)4)16(24)10-27-19-22-21-18(26-19)13(3)25-17-8-6-5-7-15(17)20/h5-9,13H,10H2,1-4H3/t13-/m0/s1. The van der Waals surface area contributed by atoms with Crippen LogP contribution in [0.5, 0.6) is 5.75 Å². The summed E-state index contributed by atoms with van der Waals surface area (Å²) in [5.41, 5.74) is 2.65. The van der Waals surface area contributed by atoms with E-state index in [1.54, 1.807) is 19.1 Å². The fraction of sp³-hybridized carbons (Fsp3) is 0.316. The van der Waals surface area contributed by atoms with Crippen molar-refractivity contribution < 1.29 is 18.3 Å². The number of hydrogen-bond donors (Lipinski definition) is 0. The molecule has 1 atom stereocenters. The molecule has 0 saturated heterocycles. The third-order valence-electron chi connectivity index (χ3n) is 4.31. The van der Waals surface area contributed by atoms with E-state index >= 15 is 0 Å². The summed E-state index contributed by atoms with van der Waals surface area (Å²) in [4.78, 5) is 12.4. The maximum atomic E-state index is 13.7. The first-order valence-corrected chi connectivity index (χ1v) is 9.39. The predicted octanol–water partition coefficient (Wildman–Crippen LogP) is 4.28. The van der Waals surface area contributed by atoms with Crippen LogP contribution in [0.4, 0.5) is 4.39 Å². The Balaban J connectivity index is 1.61. The second kappa shape index (κ2) is 7.96. The molecule has 0 amide bonds. The van der Waals surface area contributed by atoms with Crippen LogP contribution in [0.1, 0.15) is 40.7 Å². The van der Waals surface area contributed by atoms with E-state index in [-0.39, 0.29) is 28.4 Å². The number of Topliss-reactive ketones (excluding diaryl/α,β-unsaturated/α-hetero) is 1. The average molecular weight is 389 g/mol. The van der Waals surface area contributed by atoms with E-state index in [0.717, 1.165) is 11.4 Å². The van der Waals surface area contributed by atoms with E-state index in [0.29, 0.717) is 5.56 Å². The Hall–Kier alpha value is -2.61. The molecule has 8 heteroatoms. The average Bonchev–Trinajstić information content (AvgIpc) is 3.22. The van der Waals surface area contributed by atoms with Crippen molar-refractivity contribution in [2.24, 2.45) is 7.05 Å². The van der Waals surface area contributed by atoms with Gasteiger partial charge in [-0.05, 0) is 39.0 Å². The van der Waals surface area contributed by atoms with Gasteiger partial charge in [0.2, 0.25) is 0 Å². The number of ketones is 1. The van der Waals surface area contributed by atoms with Gasteiger partial charge in [-0.25, -0.2) is 4.39 Å². The van der Waals surface area contributed by atoms with Gasteiger partial charge in [0.05, 0.1) is 5.75 Å². The van der Waals surface area contributed by atoms with Crippen molar-refractivity contribution in [1.29, 1.82) is 0 Å². The van der Waals surface area contributed by atoms with Crippen molar-refractivity contribution in [3.05, 3.63) is 59.0 Å². The molecule has 0 N–H and O–H groups in total. The van der Waals surface area contributed by atoms with Crippen molar-refractivity contribution in [3.8, 4) is 5.75 Å². The van der Waals surface area contributed by atoms with Gasteiger partial charge in [-0.3, -0.25) is 4.79 Å². The molecular formula is C19H20FN3O3S. The Morgan fingerprint density at radius 3 is 2.74 bits per heavy atom. The molecule has 2 aromatic heterocycles. The van der Waals surface area contributed by atoms with Gasteiger partial charge >= 0.3 is 0 Å². The molecule has 2 heterocycles. The number of aryl methyl sites for hydroxylation is 1. The van der Waals surface area contributed by atoms with Gasteiger partial charge < -0.3 is 13.7 Å². The van der Waals surface area contributed by atoms with Crippen LogP contribution in [-0.2, 0) is 7.05 Å². The summed E-state index contributed by atoms with van der Waals surface area (Å²) in [6, 6.07) is 7.99. The Labute approximate surface area is 160 Å². The first kappa shape index (κ1) is 19.2. The van der Waals surface area contributed by atoms with Gasteiger partial charge in [-0.2, -0.15) is 0 Å². The second-order valence-electron chi connectivity index (χ2n) is 6.15. The van der Waals surface area contributed by atoms with Crippen LogP contribution in [0.15, 0.2) is 40.0 Å². The summed E-state index contributed by atoms with van der Waals surface area (Å²) in [5, 5.41) is 8.13. The normalized spacial score (nSPS) is 12.2. The van der Waals surface area contributed by atoms with E-state index in [4.69, 9.17) is 9.15 Å². The minimum absolute atomic E-state index is 0.00314. The Kier molecular flexibility index (Phi) is 5.65. The molecule has 27 heavy (non-hydrogen) atoms. The number of nitrogens with zero attached hydrogens (tertiary/aromatic N) is 3. The zero-order valence-corrected chi connectivity index (χ0v) is 16.3. The second-order valence-corrected chi connectivity index (χ2v) is 7.08. The van der Waals surface area contributed by atoms with Gasteiger partial charge in [0.1, 0.15) is 0 Å². The van der Waals surface area contributed by atoms with Gasteiger partial charge in [-0.1, -0.05) is 23.9 Å². The van der Waals surface area contributed by atoms with Crippen molar-refractivity contribution in [1.82, 2.24) is 14.8 Å². The van der Waals surface area contributed by atoms with E-state index in [2.05, 4.69) is 10.2 Å². The SMILES string of the molecule is Cc1cc(C(=O)CSc2nnc([C@H](C)Oc3ccccc3F)o2)c(C)n1C. The summed E-state index contributed by atoms with van der Waals surface area (Å²) in [5.74, 6) is 0.0608. The van der Waals surface area contributed by atoms with Crippen LogP contribution in [0.25, 0.3) is 0 Å². The Bertz CT molecular complexity index is 967. The third-order valence-corrected chi connectivity index (χ3v) is 5.13. The van der Waals surface area contributed by atoms with Crippen LogP contribution >= 0.6 is 11.8 Å². The monoisotopic (exact) mass is 389 g/mol. The zero-order valence-electron chi connectivity index (χ0n) is 15.5. The molecular weight excluding hydrogens is 369 g/mol. The molecule has 0 aliphatic rings. The molecule has 3 aromatic rings. The van der Waals surface area contributed by atoms with Crippen LogP contribution in [0.2, 0.25) is 0 Å². The van der Waals surface area contributed by atoms with Crippen molar-refractivity contribution in [3.63, 3.8) is 0 Å². The molecule has 0 spiro atoms. The number of carbonyl (C=O) groups is 1. The fourth-order valence-corrected chi connectivity index (χ4v) is 3.22. The molecule has 142 valence electrons. The van der Waals surface area contributed by atoms with Gasteiger partial charge in [0.25, 0.3) is 11.1 Å². The maximum absolute atomic E-state index is 13.7. The van der Waals surface area contributed by atoms with E-state index in [1.165, 1.54) is 23.9 Å². The van der Waals surface area contributed by atoms with E-state index in [1.807, 2.05) is 31.5 Å².